The van der Waals surface area contributed by atoms with Gasteiger partial charge in [-0.3, -0.25) is 19.7 Å². The number of ether oxygens (including phenoxy) is 1. The Balaban J connectivity index is 1.35. The second-order valence-corrected chi connectivity index (χ2v) is 10.5. The lowest BCUT2D eigenvalue weighted by Gasteiger charge is -2.36. The average molecular weight is 556 g/mol. The van der Waals surface area contributed by atoms with E-state index >= 15 is 0 Å². The molecule has 4 rings (SSSR count). The number of piperazine rings is 1. The van der Waals surface area contributed by atoms with Crippen LogP contribution in [0, 0.1) is 16.0 Å². The number of nitrogens with zero attached hydrogens (tertiary/aromatic N) is 4. The van der Waals surface area contributed by atoms with Gasteiger partial charge in [0.05, 0.1) is 28.8 Å². The van der Waals surface area contributed by atoms with E-state index in [1.165, 1.54) is 12.1 Å². The number of benzene rings is 2. The number of amides is 2. The molecule has 10 nitrogen and oxygen atoms in total. The second-order valence-electron chi connectivity index (χ2n) is 10.1. The molecule has 0 atom stereocenters. The number of carbonyl (C=O) groups excluding carboxylic acids is 2. The number of halogens is 1. The van der Waals surface area contributed by atoms with E-state index in [4.69, 9.17) is 16.3 Å². The molecule has 208 valence electrons. The highest BCUT2D eigenvalue weighted by atomic mass is 35.5. The fourth-order valence-corrected chi connectivity index (χ4v) is 5.03. The summed E-state index contributed by atoms with van der Waals surface area (Å²) in [7, 11) is 0. The van der Waals surface area contributed by atoms with Gasteiger partial charge in [0.15, 0.2) is 0 Å². The minimum Gasteiger partial charge on any atom is -0.378 e. The lowest BCUT2D eigenvalue weighted by molar-refractivity contribution is -0.384. The molecule has 0 spiro atoms. The summed E-state index contributed by atoms with van der Waals surface area (Å²) in [6, 6.07) is 10.3. The molecular formula is C28H34ClN5O5. The fraction of sp³-hybridized carbons (Fsp3) is 0.429. The standard InChI is InChI=1S/C28H34ClN5O5/c1-20(2)17-28(36)33-11-9-31(10-12-33)24-7-5-22(19-23(24)29)30-27(35)8-4-21-3-6-25(26(18-21)34(37)38)32-13-15-39-16-14-32/h3-8,18-20H,9-17H2,1-2H3,(H,30,35)/b8-4+. The summed E-state index contributed by atoms with van der Waals surface area (Å²) >= 11 is 6.55. The van der Waals surface area contributed by atoms with Crippen LogP contribution >= 0.6 is 11.6 Å². The Bertz CT molecular complexity index is 1240. The molecular weight excluding hydrogens is 522 g/mol. The van der Waals surface area contributed by atoms with Gasteiger partial charge in [-0.2, -0.15) is 0 Å². The number of nitro groups is 1. The van der Waals surface area contributed by atoms with Crippen LogP contribution in [0.5, 0.6) is 0 Å². The topological polar surface area (TPSA) is 108 Å². The van der Waals surface area contributed by atoms with Gasteiger partial charge in [0.1, 0.15) is 5.69 Å². The van der Waals surface area contributed by atoms with Crippen molar-refractivity contribution in [3.8, 4) is 0 Å². The van der Waals surface area contributed by atoms with Crippen LogP contribution in [0.3, 0.4) is 0 Å². The van der Waals surface area contributed by atoms with Crippen LogP contribution in [-0.2, 0) is 14.3 Å². The van der Waals surface area contributed by atoms with E-state index in [1.54, 1.807) is 30.3 Å². The van der Waals surface area contributed by atoms with Crippen molar-refractivity contribution in [1.82, 2.24) is 4.90 Å². The third kappa shape index (κ3) is 7.48. The number of nitrogens with one attached hydrogen (secondary N) is 1. The summed E-state index contributed by atoms with van der Waals surface area (Å²) < 4.78 is 5.34. The van der Waals surface area contributed by atoms with Crippen molar-refractivity contribution < 1.29 is 19.2 Å². The van der Waals surface area contributed by atoms with Crippen molar-refractivity contribution >= 4 is 52.2 Å². The fourth-order valence-electron chi connectivity index (χ4n) is 4.73. The minimum absolute atomic E-state index is 0.00745. The summed E-state index contributed by atoms with van der Waals surface area (Å²) in [5.74, 6) is 0.141. The summed E-state index contributed by atoms with van der Waals surface area (Å²) in [5, 5.41) is 15.0. The van der Waals surface area contributed by atoms with Crippen molar-refractivity contribution in [3.05, 3.63) is 63.2 Å². The molecule has 2 amide bonds. The Kier molecular flexibility index (Phi) is 9.42. The zero-order valence-electron chi connectivity index (χ0n) is 22.3. The first-order valence-electron chi connectivity index (χ1n) is 13.1. The van der Waals surface area contributed by atoms with Crippen molar-refractivity contribution in [1.29, 1.82) is 0 Å². The summed E-state index contributed by atoms with van der Waals surface area (Å²) in [4.78, 5) is 42.1. The van der Waals surface area contributed by atoms with E-state index in [9.17, 15) is 19.7 Å². The molecule has 0 radical (unpaired) electrons. The lowest BCUT2D eigenvalue weighted by atomic mass is 10.1. The van der Waals surface area contributed by atoms with Gasteiger partial charge in [-0.1, -0.05) is 31.5 Å². The highest BCUT2D eigenvalue weighted by Crippen LogP contribution is 2.31. The zero-order chi connectivity index (χ0) is 27.9. The maximum atomic E-state index is 12.5. The number of rotatable bonds is 8. The first kappa shape index (κ1) is 28.4. The summed E-state index contributed by atoms with van der Waals surface area (Å²) in [6.07, 6.45) is 3.43. The van der Waals surface area contributed by atoms with Crippen LogP contribution in [0.1, 0.15) is 25.8 Å². The van der Waals surface area contributed by atoms with Crippen LogP contribution in [0.15, 0.2) is 42.5 Å². The zero-order valence-corrected chi connectivity index (χ0v) is 23.0. The van der Waals surface area contributed by atoms with E-state index in [1.807, 2.05) is 29.7 Å². The van der Waals surface area contributed by atoms with E-state index in [2.05, 4.69) is 10.2 Å². The first-order valence-corrected chi connectivity index (χ1v) is 13.5. The molecule has 0 bridgehead atoms. The maximum Gasteiger partial charge on any atom is 0.293 e. The van der Waals surface area contributed by atoms with Crippen LogP contribution in [0.4, 0.5) is 22.7 Å². The molecule has 2 heterocycles. The van der Waals surface area contributed by atoms with Crippen LogP contribution in [0.2, 0.25) is 5.02 Å². The molecule has 1 N–H and O–H groups in total. The molecule has 11 heteroatoms. The van der Waals surface area contributed by atoms with E-state index < -0.39 is 4.92 Å². The number of hydrogen-bond donors (Lipinski definition) is 1. The molecule has 2 aliphatic heterocycles. The van der Waals surface area contributed by atoms with E-state index in [0.29, 0.717) is 86.8 Å². The highest BCUT2D eigenvalue weighted by Gasteiger charge is 2.23. The van der Waals surface area contributed by atoms with Gasteiger partial charge in [0.25, 0.3) is 5.69 Å². The monoisotopic (exact) mass is 555 g/mol. The molecule has 2 aromatic rings. The number of hydrogen-bond acceptors (Lipinski definition) is 7. The second kappa shape index (κ2) is 12.9. The summed E-state index contributed by atoms with van der Waals surface area (Å²) in [6.45, 7) is 9.00. The smallest absolute Gasteiger partial charge is 0.293 e. The molecule has 2 fully saturated rings. The predicted molar refractivity (Wildman–Crippen MR) is 153 cm³/mol. The van der Waals surface area contributed by atoms with Crippen molar-refractivity contribution in [2.24, 2.45) is 5.92 Å². The maximum absolute atomic E-state index is 12.5. The lowest BCUT2D eigenvalue weighted by Crippen LogP contribution is -2.49. The first-order chi connectivity index (χ1) is 18.7. The molecule has 0 saturated carbocycles. The number of morpholine rings is 1. The highest BCUT2D eigenvalue weighted by molar-refractivity contribution is 6.33. The third-order valence-corrected chi connectivity index (χ3v) is 7.05. The van der Waals surface area contributed by atoms with Gasteiger partial charge in [-0.15, -0.1) is 0 Å². The van der Waals surface area contributed by atoms with Gasteiger partial charge in [0.2, 0.25) is 11.8 Å². The summed E-state index contributed by atoms with van der Waals surface area (Å²) in [5.41, 5.74) is 2.48. The van der Waals surface area contributed by atoms with Gasteiger partial charge in [0, 0.05) is 63.5 Å². The Morgan fingerprint density at radius 2 is 1.69 bits per heavy atom. The van der Waals surface area contributed by atoms with Crippen LogP contribution in [0.25, 0.3) is 6.08 Å². The molecule has 2 saturated heterocycles. The number of carbonyl (C=O) groups is 2. The van der Waals surface area contributed by atoms with Crippen LogP contribution < -0.4 is 15.1 Å². The van der Waals surface area contributed by atoms with Gasteiger partial charge in [-0.25, -0.2) is 0 Å². The number of anilines is 3. The molecule has 2 aliphatic rings. The number of nitro benzene ring substituents is 1. The Hall–Kier alpha value is -3.63. The molecule has 0 aromatic heterocycles. The minimum atomic E-state index is -0.408. The average Bonchev–Trinajstić information content (AvgIpc) is 2.92. The normalized spacial score (nSPS) is 16.2. The third-order valence-electron chi connectivity index (χ3n) is 6.75. The van der Waals surface area contributed by atoms with Gasteiger partial charge >= 0.3 is 0 Å². The van der Waals surface area contributed by atoms with Crippen LogP contribution in [-0.4, -0.2) is 74.1 Å². The molecule has 0 unspecified atom stereocenters. The van der Waals surface area contributed by atoms with Crippen molar-refractivity contribution in [2.75, 3.05) is 67.6 Å². The molecule has 39 heavy (non-hydrogen) atoms. The largest absolute Gasteiger partial charge is 0.378 e. The SMILES string of the molecule is CC(C)CC(=O)N1CCN(c2ccc(NC(=O)/C=C/c3ccc(N4CCOCC4)c([N+](=O)[O-])c3)cc2Cl)CC1. The quantitative estimate of drug-likeness (QED) is 0.291. The molecule has 0 aliphatic carbocycles. The van der Waals surface area contributed by atoms with Crippen molar-refractivity contribution in [3.63, 3.8) is 0 Å². The van der Waals surface area contributed by atoms with Gasteiger partial charge in [-0.05, 0) is 41.8 Å². The Morgan fingerprint density at radius 3 is 2.33 bits per heavy atom. The predicted octanol–water partition coefficient (Wildman–Crippen LogP) is 4.43. The Labute approximate surface area is 233 Å². The van der Waals surface area contributed by atoms with Crippen molar-refractivity contribution in [2.45, 2.75) is 20.3 Å². The Morgan fingerprint density at radius 1 is 1.03 bits per heavy atom. The molecule has 2 aromatic carbocycles. The van der Waals surface area contributed by atoms with E-state index in [-0.39, 0.29) is 17.5 Å². The van der Waals surface area contributed by atoms with Gasteiger partial charge < -0.3 is 24.8 Å². The van der Waals surface area contributed by atoms with E-state index in [0.717, 1.165) is 5.69 Å².